The average Bonchev–Trinajstić information content (AvgIpc) is 3.15. The Balaban J connectivity index is 1.82. The van der Waals surface area contributed by atoms with Gasteiger partial charge in [-0.25, -0.2) is 4.98 Å². The quantitative estimate of drug-likeness (QED) is 0.854. The zero-order valence-corrected chi connectivity index (χ0v) is 11.7. The molecule has 1 fully saturated rings. The van der Waals surface area contributed by atoms with Gasteiger partial charge in [-0.1, -0.05) is 0 Å². The molecule has 0 spiro atoms. The first-order valence-electron chi connectivity index (χ1n) is 6.04. The van der Waals surface area contributed by atoms with E-state index in [1.54, 1.807) is 24.4 Å². The van der Waals surface area contributed by atoms with Crippen molar-refractivity contribution in [3.8, 4) is 0 Å². The van der Waals surface area contributed by atoms with Crippen molar-refractivity contribution in [2.24, 2.45) is 0 Å². The molecule has 19 heavy (non-hydrogen) atoms. The van der Waals surface area contributed by atoms with E-state index in [1.165, 1.54) is 0 Å². The Morgan fingerprint density at radius 2 is 2.26 bits per heavy atom. The molecule has 2 aromatic heterocycles. The Hall–Kier alpha value is -1.82. The molecule has 0 saturated heterocycles. The van der Waals surface area contributed by atoms with Crippen molar-refractivity contribution in [2.45, 2.75) is 18.9 Å². The Kier molecular flexibility index (Phi) is 3.02. The number of nitrogens with two attached hydrogens (primary N) is 1. The van der Waals surface area contributed by atoms with Gasteiger partial charge in [-0.2, -0.15) is 0 Å². The van der Waals surface area contributed by atoms with Gasteiger partial charge in [-0.3, -0.25) is 4.79 Å². The van der Waals surface area contributed by atoms with Crippen molar-refractivity contribution in [2.75, 3.05) is 11.1 Å². The number of nitrogens with one attached hydrogen (secondary N) is 1. The van der Waals surface area contributed by atoms with Crippen LogP contribution in [0.25, 0.3) is 0 Å². The molecule has 3 N–H and O–H groups in total. The van der Waals surface area contributed by atoms with Crippen molar-refractivity contribution in [1.29, 1.82) is 0 Å². The molecule has 3 rings (SSSR count). The minimum atomic E-state index is -0.160. The highest BCUT2D eigenvalue weighted by molar-refractivity contribution is 9.10. The van der Waals surface area contributed by atoms with Crippen LogP contribution in [0.1, 0.15) is 29.4 Å². The molecule has 2 heterocycles. The number of halogens is 1. The Morgan fingerprint density at radius 3 is 2.89 bits per heavy atom. The first-order valence-corrected chi connectivity index (χ1v) is 6.83. The second-order valence-corrected chi connectivity index (χ2v) is 5.43. The third-order valence-electron chi connectivity index (χ3n) is 3.03. The van der Waals surface area contributed by atoms with Gasteiger partial charge in [0.25, 0.3) is 5.91 Å². The Labute approximate surface area is 119 Å². The van der Waals surface area contributed by atoms with Crippen LogP contribution in [0.3, 0.4) is 0 Å². The number of carbonyl (C=O) groups excluding carboxylic acids is 1. The maximum absolute atomic E-state index is 12.2. The lowest BCUT2D eigenvalue weighted by atomic mass is 10.3. The highest BCUT2D eigenvalue weighted by Gasteiger charge is 2.27. The van der Waals surface area contributed by atoms with Crippen LogP contribution in [-0.2, 0) is 0 Å². The number of anilines is 2. The van der Waals surface area contributed by atoms with Crippen molar-refractivity contribution in [1.82, 2.24) is 9.55 Å². The summed E-state index contributed by atoms with van der Waals surface area (Å²) in [5, 5.41) is 2.82. The van der Waals surface area contributed by atoms with Crippen LogP contribution in [0, 0.1) is 0 Å². The predicted octanol–water partition coefficient (Wildman–Crippen LogP) is 2.82. The van der Waals surface area contributed by atoms with Gasteiger partial charge in [0, 0.05) is 12.2 Å². The van der Waals surface area contributed by atoms with E-state index in [0.29, 0.717) is 23.1 Å². The molecular weight excluding hydrogens is 308 g/mol. The van der Waals surface area contributed by atoms with Crippen molar-refractivity contribution in [3.63, 3.8) is 0 Å². The van der Waals surface area contributed by atoms with Crippen LogP contribution < -0.4 is 11.1 Å². The molecule has 0 radical (unpaired) electrons. The largest absolute Gasteiger partial charge is 0.397 e. The van der Waals surface area contributed by atoms with Gasteiger partial charge in [-0.15, -0.1) is 0 Å². The number of nitrogens with zero attached hydrogens (tertiary/aromatic N) is 2. The van der Waals surface area contributed by atoms with E-state index in [9.17, 15) is 4.79 Å². The van der Waals surface area contributed by atoms with Crippen molar-refractivity contribution in [3.05, 3.63) is 40.9 Å². The number of carbonyl (C=O) groups is 1. The van der Waals surface area contributed by atoms with E-state index < -0.39 is 0 Å². The van der Waals surface area contributed by atoms with Gasteiger partial charge in [-0.05, 0) is 47.0 Å². The fourth-order valence-electron chi connectivity index (χ4n) is 1.98. The number of aromatic nitrogens is 2. The summed E-state index contributed by atoms with van der Waals surface area (Å²) < 4.78 is 2.69. The normalized spacial score (nSPS) is 14.4. The highest BCUT2D eigenvalue weighted by atomic mass is 79.9. The van der Waals surface area contributed by atoms with Gasteiger partial charge < -0.3 is 15.6 Å². The van der Waals surface area contributed by atoms with Gasteiger partial charge in [0.1, 0.15) is 10.3 Å². The summed E-state index contributed by atoms with van der Waals surface area (Å²) in [6.45, 7) is 0. The van der Waals surface area contributed by atoms with Gasteiger partial charge >= 0.3 is 0 Å². The van der Waals surface area contributed by atoms with E-state index in [1.807, 2.05) is 10.8 Å². The maximum Gasteiger partial charge on any atom is 0.272 e. The second kappa shape index (κ2) is 4.70. The zero-order chi connectivity index (χ0) is 13.4. The second-order valence-electron chi connectivity index (χ2n) is 4.62. The fraction of sp³-hybridized carbons (Fsp3) is 0.231. The smallest absolute Gasteiger partial charge is 0.272 e. The van der Waals surface area contributed by atoms with Crippen LogP contribution in [0.2, 0.25) is 0 Å². The number of hydrogen-bond donors (Lipinski definition) is 2. The summed E-state index contributed by atoms with van der Waals surface area (Å²) in [5.74, 6) is -0.160. The van der Waals surface area contributed by atoms with Crippen molar-refractivity contribution < 1.29 is 4.79 Å². The first kappa shape index (κ1) is 12.2. The van der Waals surface area contributed by atoms with E-state index in [0.717, 1.165) is 17.4 Å². The molecule has 0 unspecified atom stereocenters. The lowest BCUT2D eigenvalue weighted by Gasteiger charge is -2.08. The molecule has 0 atom stereocenters. The van der Waals surface area contributed by atoms with Gasteiger partial charge in [0.2, 0.25) is 0 Å². The molecular formula is C13H13BrN4O. The summed E-state index contributed by atoms with van der Waals surface area (Å²) in [6, 6.07) is 5.70. The fourth-order valence-corrected chi connectivity index (χ4v) is 2.22. The topological polar surface area (TPSA) is 72.9 Å². The van der Waals surface area contributed by atoms with E-state index in [4.69, 9.17) is 5.73 Å². The molecule has 1 aliphatic rings. The minimum absolute atomic E-state index is 0.160. The maximum atomic E-state index is 12.2. The minimum Gasteiger partial charge on any atom is -0.397 e. The number of nitrogen functional groups attached to an aromatic ring is 1. The molecule has 1 aliphatic carbocycles. The molecule has 1 amide bonds. The van der Waals surface area contributed by atoms with Crippen molar-refractivity contribution >= 4 is 33.2 Å². The van der Waals surface area contributed by atoms with Crippen LogP contribution in [0.15, 0.2) is 35.2 Å². The van der Waals surface area contributed by atoms with Gasteiger partial charge in [0.15, 0.2) is 0 Å². The van der Waals surface area contributed by atoms with E-state index in [-0.39, 0.29) is 5.91 Å². The van der Waals surface area contributed by atoms with E-state index in [2.05, 4.69) is 26.2 Å². The molecule has 6 heteroatoms. The molecule has 2 aromatic rings. The lowest BCUT2D eigenvalue weighted by Crippen LogP contribution is -2.16. The summed E-state index contributed by atoms with van der Waals surface area (Å²) >= 11 is 3.25. The van der Waals surface area contributed by atoms with Gasteiger partial charge in [0.05, 0.1) is 17.6 Å². The first-order chi connectivity index (χ1) is 9.13. The van der Waals surface area contributed by atoms with Crippen LogP contribution in [0.5, 0.6) is 0 Å². The number of hydrogen-bond acceptors (Lipinski definition) is 3. The number of pyridine rings is 1. The highest BCUT2D eigenvalue weighted by Crippen LogP contribution is 2.37. The lowest BCUT2D eigenvalue weighted by molar-refractivity contribution is 0.101. The number of rotatable bonds is 3. The SMILES string of the molecule is Nc1cc(C(=O)Nc2ccc(Br)nc2)n(C2CC2)c1. The monoisotopic (exact) mass is 320 g/mol. The molecule has 0 aliphatic heterocycles. The number of amides is 1. The van der Waals surface area contributed by atoms with Crippen LogP contribution >= 0.6 is 15.9 Å². The summed E-state index contributed by atoms with van der Waals surface area (Å²) in [5.41, 5.74) is 7.66. The Morgan fingerprint density at radius 1 is 1.47 bits per heavy atom. The summed E-state index contributed by atoms with van der Waals surface area (Å²) in [7, 11) is 0. The molecule has 98 valence electrons. The molecule has 5 nitrogen and oxygen atoms in total. The zero-order valence-electron chi connectivity index (χ0n) is 10.1. The molecule has 0 bridgehead atoms. The predicted molar refractivity (Wildman–Crippen MR) is 77.0 cm³/mol. The average molecular weight is 321 g/mol. The Bertz CT molecular complexity index is 616. The molecule has 1 saturated carbocycles. The summed E-state index contributed by atoms with van der Waals surface area (Å²) in [6.07, 6.45) is 5.64. The van der Waals surface area contributed by atoms with E-state index >= 15 is 0 Å². The third-order valence-corrected chi connectivity index (χ3v) is 3.50. The summed E-state index contributed by atoms with van der Waals surface area (Å²) in [4.78, 5) is 16.3. The molecule has 0 aromatic carbocycles. The van der Waals surface area contributed by atoms with Crippen LogP contribution in [-0.4, -0.2) is 15.5 Å². The third kappa shape index (κ3) is 2.63. The van der Waals surface area contributed by atoms with Crippen LogP contribution in [0.4, 0.5) is 11.4 Å². The standard InChI is InChI=1S/C13H13BrN4O/c14-12-4-1-9(6-16-12)17-13(19)11-5-8(15)7-18(11)10-2-3-10/h1,4-7,10H,2-3,15H2,(H,17,19).